The third kappa shape index (κ3) is 9.77. The predicted octanol–water partition coefficient (Wildman–Crippen LogP) is 6.85. The lowest BCUT2D eigenvalue weighted by molar-refractivity contribution is -0.131. The van der Waals surface area contributed by atoms with Crippen LogP contribution in [0.25, 0.3) is 0 Å². The van der Waals surface area contributed by atoms with Gasteiger partial charge in [0.05, 0.1) is 11.3 Å². The van der Waals surface area contributed by atoms with Gasteiger partial charge in [-0.1, -0.05) is 84.5 Å². The summed E-state index contributed by atoms with van der Waals surface area (Å²) in [6, 6.07) is 0. The molecule has 1 aromatic rings. The van der Waals surface area contributed by atoms with Crippen molar-refractivity contribution in [1.82, 2.24) is 4.98 Å². The Morgan fingerprint density at radius 3 is 2.25 bits per heavy atom. The quantitative estimate of drug-likeness (QED) is 0.238. The fourth-order valence-electron chi connectivity index (χ4n) is 5.08. The Kier molecular flexibility index (Phi) is 11.8. The molecule has 1 aromatic heterocycles. The molecule has 0 aliphatic carbocycles. The maximum Gasteiger partial charge on any atom is 0.308 e. The van der Waals surface area contributed by atoms with Gasteiger partial charge in [-0.05, 0) is 50.9 Å². The van der Waals surface area contributed by atoms with Crippen LogP contribution < -0.4 is 9.64 Å². The number of fused-ring (bicyclic) bond motifs is 1. The van der Waals surface area contributed by atoms with E-state index < -0.39 is 5.60 Å². The third-order valence-corrected chi connectivity index (χ3v) is 7.40. The second kappa shape index (κ2) is 14.0. The highest BCUT2D eigenvalue weighted by Gasteiger charge is 2.26. The van der Waals surface area contributed by atoms with Gasteiger partial charge in [-0.25, -0.2) is 4.98 Å². The van der Waals surface area contributed by atoms with Gasteiger partial charge in [0.25, 0.3) is 0 Å². The van der Waals surface area contributed by atoms with Crippen molar-refractivity contribution in [2.24, 2.45) is 17.8 Å². The van der Waals surface area contributed by atoms with Crippen molar-refractivity contribution >= 4 is 11.8 Å². The van der Waals surface area contributed by atoms with E-state index in [4.69, 9.17) is 4.74 Å². The minimum absolute atomic E-state index is 0.389. The molecule has 3 atom stereocenters. The van der Waals surface area contributed by atoms with Crippen molar-refractivity contribution in [3.8, 4) is 17.6 Å². The fraction of sp³-hybridized carbons (Fsp3) is 0.742. The second-order valence-corrected chi connectivity index (χ2v) is 11.9. The molecule has 1 aliphatic rings. The molecule has 202 valence electrons. The molecule has 0 saturated carbocycles. The summed E-state index contributed by atoms with van der Waals surface area (Å²) >= 11 is 0. The molecule has 36 heavy (non-hydrogen) atoms. The zero-order valence-corrected chi connectivity index (χ0v) is 24.2. The first-order valence-electron chi connectivity index (χ1n) is 14.1. The van der Waals surface area contributed by atoms with E-state index in [1.807, 2.05) is 14.0 Å². The molecule has 0 bridgehead atoms. The summed E-state index contributed by atoms with van der Waals surface area (Å²) in [4.78, 5) is 18.4. The van der Waals surface area contributed by atoms with Gasteiger partial charge in [0, 0.05) is 26.1 Å². The van der Waals surface area contributed by atoms with E-state index in [-0.39, 0.29) is 5.97 Å². The zero-order valence-electron chi connectivity index (χ0n) is 24.2. The van der Waals surface area contributed by atoms with Crippen molar-refractivity contribution in [1.29, 1.82) is 0 Å². The molecule has 5 heteroatoms. The monoisotopic (exact) mass is 498 g/mol. The second-order valence-electron chi connectivity index (χ2n) is 11.9. The third-order valence-electron chi connectivity index (χ3n) is 7.40. The minimum Gasteiger partial charge on any atom is -0.423 e. The van der Waals surface area contributed by atoms with Crippen molar-refractivity contribution in [3.63, 3.8) is 0 Å². The molecule has 1 N–H and O–H groups in total. The molecule has 0 saturated heterocycles. The molecular formula is C31H50N2O3. The van der Waals surface area contributed by atoms with Crippen LogP contribution in [0.15, 0.2) is 0 Å². The number of nitrogens with zero attached hydrogens (tertiary/aromatic N) is 2. The number of rotatable bonds is 13. The number of aryl methyl sites for hydroxylation is 1. The van der Waals surface area contributed by atoms with Crippen molar-refractivity contribution < 1.29 is 14.6 Å². The molecule has 0 aromatic carbocycles. The molecule has 5 nitrogen and oxygen atoms in total. The Bertz CT molecular complexity index is 926. The Hall–Kier alpha value is -2.06. The Morgan fingerprint density at radius 2 is 1.67 bits per heavy atom. The standard InChI is InChI=1S/C31H50N2O3/c1-22(2)12-9-13-23(3)14-10-15-24(4)16-11-19-31(7,35)20-17-27-28-18-21-33(8)30(28)32-25(5)29(27)36-26(6)34/h22-24,35H,9-16,18-19,21H2,1-8H3. The highest BCUT2D eigenvalue weighted by atomic mass is 16.5. The van der Waals surface area contributed by atoms with Crippen LogP contribution in [0.1, 0.15) is 116 Å². The number of hydrogen-bond donors (Lipinski definition) is 1. The topological polar surface area (TPSA) is 62.7 Å². The smallest absolute Gasteiger partial charge is 0.308 e. The number of likely N-dealkylation sites (N-methyl/N-ethyl adjacent to an activating group) is 1. The maximum atomic E-state index is 11.7. The molecule has 0 radical (unpaired) electrons. The van der Waals surface area contributed by atoms with Crippen LogP contribution in [0.4, 0.5) is 5.82 Å². The van der Waals surface area contributed by atoms with E-state index in [0.29, 0.717) is 29.3 Å². The van der Waals surface area contributed by atoms with Gasteiger partial charge in [-0.15, -0.1) is 0 Å². The molecule has 1 aliphatic heterocycles. The number of ether oxygens (including phenoxy) is 1. The first kappa shape index (κ1) is 30.2. The van der Waals surface area contributed by atoms with Crippen LogP contribution in [-0.4, -0.2) is 35.3 Å². The average molecular weight is 499 g/mol. The van der Waals surface area contributed by atoms with Gasteiger partial charge in [0.2, 0.25) is 0 Å². The van der Waals surface area contributed by atoms with Gasteiger partial charge in [0.15, 0.2) is 5.75 Å². The largest absolute Gasteiger partial charge is 0.423 e. The Morgan fingerprint density at radius 1 is 1.08 bits per heavy atom. The van der Waals surface area contributed by atoms with E-state index in [9.17, 15) is 9.90 Å². The lowest BCUT2D eigenvalue weighted by atomic mass is 9.90. The van der Waals surface area contributed by atoms with E-state index >= 15 is 0 Å². The molecule has 0 amide bonds. The number of esters is 1. The lowest BCUT2D eigenvalue weighted by Gasteiger charge is -2.19. The number of hydrogen-bond acceptors (Lipinski definition) is 5. The van der Waals surface area contributed by atoms with Crippen LogP contribution in [0.3, 0.4) is 0 Å². The van der Waals surface area contributed by atoms with Gasteiger partial charge in [-0.3, -0.25) is 4.79 Å². The molecule has 0 fully saturated rings. The first-order valence-corrected chi connectivity index (χ1v) is 14.1. The summed E-state index contributed by atoms with van der Waals surface area (Å²) in [5, 5.41) is 11.0. The zero-order chi connectivity index (χ0) is 26.9. The summed E-state index contributed by atoms with van der Waals surface area (Å²) in [5.74, 6) is 9.49. The summed E-state index contributed by atoms with van der Waals surface area (Å²) < 4.78 is 5.50. The van der Waals surface area contributed by atoms with E-state index in [1.165, 1.54) is 45.4 Å². The molecular weight excluding hydrogens is 448 g/mol. The number of carbonyl (C=O) groups excluding carboxylic acids is 1. The van der Waals surface area contributed by atoms with Crippen LogP contribution >= 0.6 is 0 Å². The first-order chi connectivity index (χ1) is 16.9. The normalized spacial score (nSPS) is 16.2. The summed E-state index contributed by atoms with van der Waals surface area (Å²) in [5.41, 5.74) is 1.24. The van der Waals surface area contributed by atoms with Crippen molar-refractivity contribution in [2.75, 3.05) is 18.5 Å². The number of carbonyl (C=O) groups is 1. The molecule has 2 rings (SSSR count). The van der Waals surface area contributed by atoms with Crippen LogP contribution in [0.5, 0.6) is 5.75 Å². The summed E-state index contributed by atoms with van der Waals surface area (Å²) in [6.07, 6.45) is 11.4. The maximum absolute atomic E-state index is 11.7. The number of anilines is 1. The minimum atomic E-state index is -1.09. The summed E-state index contributed by atoms with van der Waals surface area (Å²) in [6.45, 7) is 15.2. The molecule has 2 heterocycles. The number of aromatic nitrogens is 1. The van der Waals surface area contributed by atoms with E-state index in [1.54, 1.807) is 6.92 Å². The van der Waals surface area contributed by atoms with Crippen molar-refractivity contribution in [3.05, 3.63) is 16.8 Å². The predicted molar refractivity (Wildman–Crippen MR) is 149 cm³/mol. The highest BCUT2D eigenvalue weighted by Crippen LogP contribution is 2.35. The fourth-order valence-corrected chi connectivity index (χ4v) is 5.08. The number of aliphatic hydroxyl groups is 1. The molecule has 3 unspecified atom stereocenters. The van der Waals surface area contributed by atoms with Crippen LogP contribution in [-0.2, 0) is 11.2 Å². The van der Waals surface area contributed by atoms with Crippen LogP contribution in [0.2, 0.25) is 0 Å². The van der Waals surface area contributed by atoms with Gasteiger partial charge >= 0.3 is 5.97 Å². The van der Waals surface area contributed by atoms with E-state index in [0.717, 1.165) is 49.0 Å². The SMILES string of the molecule is CC(=O)Oc1c(C)nc2c(c1C#CC(C)(O)CCCC(C)CCCC(C)CCCC(C)C)CCN2C. The van der Waals surface area contributed by atoms with E-state index in [2.05, 4.69) is 49.4 Å². The Labute approximate surface area is 220 Å². The average Bonchev–Trinajstić information content (AvgIpc) is 3.13. The lowest BCUT2D eigenvalue weighted by Crippen LogP contribution is -2.21. The van der Waals surface area contributed by atoms with Crippen LogP contribution in [0, 0.1) is 36.5 Å². The number of pyridine rings is 1. The van der Waals surface area contributed by atoms with Crippen molar-refractivity contribution in [2.45, 2.75) is 118 Å². The Balaban J connectivity index is 1.90. The van der Waals surface area contributed by atoms with Gasteiger partial charge < -0.3 is 14.7 Å². The molecule has 0 spiro atoms. The van der Waals surface area contributed by atoms with Gasteiger partial charge in [-0.2, -0.15) is 0 Å². The summed E-state index contributed by atoms with van der Waals surface area (Å²) in [7, 11) is 2.01. The highest BCUT2D eigenvalue weighted by molar-refractivity contribution is 5.73. The van der Waals surface area contributed by atoms with Gasteiger partial charge in [0.1, 0.15) is 11.4 Å².